The van der Waals surface area contributed by atoms with Gasteiger partial charge in [-0.2, -0.15) is 4.31 Å². The van der Waals surface area contributed by atoms with Gasteiger partial charge in [0, 0.05) is 26.2 Å². The Morgan fingerprint density at radius 1 is 0.964 bits per heavy atom. The molecule has 28 heavy (non-hydrogen) atoms. The summed E-state index contributed by atoms with van der Waals surface area (Å²) >= 11 is 12.0. The number of benzene rings is 2. The molecule has 1 saturated heterocycles. The van der Waals surface area contributed by atoms with Gasteiger partial charge in [0.15, 0.2) is 0 Å². The number of nitrogens with zero attached hydrogens (tertiary/aromatic N) is 2. The number of carbonyl (C=O) groups is 1. The fourth-order valence-corrected chi connectivity index (χ4v) is 4.90. The summed E-state index contributed by atoms with van der Waals surface area (Å²) in [6, 6.07) is 14.2. The predicted molar refractivity (Wildman–Crippen MR) is 112 cm³/mol. The molecule has 0 bridgehead atoms. The van der Waals surface area contributed by atoms with Crippen LogP contribution in [0.5, 0.6) is 0 Å². The Kier molecular flexibility index (Phi) is 6.95. The van der Waals surface area contributed by atoms with Crippen LogP contribution in [-0.2, 0) is 20.6 Å². The van der Waals surface area contributed by atoms with Gasteiger partial charge in [-0.15, -0.1) is 0 Å². The largest absolute Gasteiger partial charge is 0.324 e. The third-order valence-corrected chi connectivity index (χ3v) is 7.18. The Hall–Kier alpha value is -1.64. The number of nitrogens with one attached hydrogen (secondary N) is 1. The summed E-state index contributed by atoms with van der Waals surface area (Å²) in [5.74, 6) is -0.230. The van der Waals surface area contributed by atoms with Gasteiger partial charge in [-0.3, -0.25) is 9.69 Å². The minimum Gasteiger partial charge on any atom is -0.324 e. The number of amides is 1. The van der Waals surface area contributed by atoms with E-state index in [9.17, 15) is 13.2 Å². The molecular weight excluding hydrogens is 421 g/mol. The van der Waals surface area contributed by atoms with E-state index in [1.54, 1.807) is 30.3 Å². The van der Waals surface area contributed by atoms with Gasteiger partial charge in [-0.05, 0) is 17.7 Å². The second-order valence-corrected chi connectivity index (χ2v) is 9.32. The van der Waals surface area contributed by atoms with Crippen LogP contribution in [-0.4, -0.2) is 56.3 Å². The molecule has 2 aromatic carbocycles. The zero-order valence-electron chi connectivity index (χ0n) is 15.1. The van der Waals surface area contributed by atoms with Crippen molar-refractivity contribution in [3.8, 4) is 0 Å². The average Bonchev–Trinajstić information content (AvgIpc) is 2.66. The second-order valence-electron chi connectivity index (χ2n) is 6.57. The molecular formula is C19H21Cl2N3O3S. The number of hydrogen-bond donors (Lipinski definition) is 1. The molecule has 1 fully saturated rings. The summed E-state index contributed by atoms with van der Waals surface area (Å²) in [6.07, 6.45) is 0. The van der Waals surface area contributed by atoms with Gasteiger partial charge in [-0.1, -0.05) is 59.6 Å². The topological polar surface area (TPSA) is 69.7 Å². The molecule has 1 N–H and O–H groups in total. The summed E-state index contributed by atoms with van der Waals surface area (Å²) in [5.41, 5.74) is 1.23. The highest BCUT2D eigenvalue weighted by molar-refractivity contribution is 7.88. The number of sulfonamides is 1. The van der Waals surface area contributed by atoms with Crippen molar-refractivity contribution in [3.63, 3.8) is 0 Å². The predicted octanol–water partition coefficient (Wildman–Crippen LogP) is 3.08. The first kappa shape index (κ1) is 21.1. The Balaban J connectivity index is 1.51. The first-order valence-electron chi connectivity index (χ1n) is 8.83. The molecule has 0 radical (unpaired) electrons. The van der Waals surface area contributed by atoms with E-state index < -0.39 is 10.0 Å². The van der Waals surface area contributed by atoms with E-state index in [-0.39, 0.29) is 18.2 Å². The summed E-state index contributed by atoms with van der Waals surface area (Å²) in [4.78, 5) is 14.2. The highest BCUT2D eigenvalue weighted by atomic mass is 35.5. The maximum atomic E-state index is 12.6. The number of anilines is 1. The maximum Gasteiger partial charge on any atom is 0.238 e. The average molecular weight is 442 g/mol. The third kappa shape index (κ3) is 5.46. The molecule has 9 heteroatoms. The lowest BCUT2D eigenvalue weighted by molar-refractivity contribution is -0.117. The molecule has 2 aromatic rings. The number of rotatable bonds is 6. The smallest absolute Gasteiger partial charge is 0.238 e. The van der Waals surface area contributed by atoms with Crippen LogP contribution in [0.3, 0.4) is 0 Å². The fraction of sp³-hybridized carbons (Fsp3) is 0.316. The van der Waals surface area contributed by atoms with Crippen LogP contribution in [0.25, 0.3) is 0 Å². The van der Waals surface area contributed by atoms with Crippen molar-refractivity contribution >= 4 is 44.8 Å². The summed E-state index contributed by atoms with van der Waals surface area (Å²) in [6.45, 7) is 1.87. The van der Waals surface area contributed by atoms with Crippen molar-refractivity contribution in [3.05, 3.63) is 64.1 Å². The van der Waals surface area contributed by atoms with Crippen LogP contribution in [0.2, 0.25) is 10.0 Å². The normalized spacial score (nSPS) is 16.1. The van der Waals surface area contributed by atoms with Crippen molar-refractivity contribution in [1.82, 2.24) is 9.21 Å². The zero-order chi connectivity index (χ0) is 20.1. The SMILES string of the molecule is O=C(CN1CCN(S(=O)(=O)Cc2ccccc2)CC1)Nc1cccc(Cl)c1Cl. The molecule has 3 rings (SSSR count). The van der Waals surface area contributed by atoms with Crippen LogP contribution in [0, 0.1) is 0 Å². The van der Waals surface area contributed by atoms with E-state index in [0.717, 1.165) is 5.56 Å². The summed E-state index contributed by atoms with van der Waals surface area (Å²) in [7, 11) is -3.37. The first-order chi connectivity index (χ1) is 13.3. The number of carbonyl (C=O) groups excluding carboxylic acids is 1. The number of piperazine rings is 1. The van der Waals surface area contributed by atoms with Crippen molar-refractivity contribution in [2.75, 3.05) is 38.0 Å². The lowest BCUT2D eigenvalue weighted by Gasteiger charge is -2.33. The monoisotopic (exact) mass is 441 g/mol. The van der Waals surface area contributed by atoms with Crippen LogP contribution >= 0.6 is 23.2 Å². The quantitative estimate of drug-likeness (QED) is 0.747. The molecule has 6 nitrogen and oxygen atoms in total. The molecule has 0 aromatic heterocycles. The standard InChI is InChI=1S/C19H21Cl2N3O3S/c20-16-7-4-8-17(19(16)21)22-18(25)13-23-9-11-24(12-10-23)28(26,27)14-15-5-2-1-3-6-15/h1-8H,9-14H2,(H,22,25). The third-order valence-electron chi connectivity index (χ3n) is 4.51. The Bertz CT molecular complexity index is 931. The molecule has 0 atom stereocenters. The van der Waals surface area contributed by atoms with Crippen molar-refractivity contribution < 1.29 is 13.2 Å². The molecule has 150 valence electrons. The van der Waals surface area contributed by atoms with Gasteiger partial charge in [0.1, 0.15) is 0 Å². The molecule has 1 amide bonds. The number of hydrogen-bond acceptors (Lipinski definition) is 4. The molecule has 1 aliphatic rings. The van der Waals surface area contributed by atoms with Crippen LogP contribution < -0.4 is 5.32 Å². The van der Waals surface area contributed by atoms with E-state index in [1.165, 1.54) is 4.31 Å². The van der Waals surface area contributed by atoms with Crippen molar-refractivity contribution in [1.29, 1.82) is 0 Å². The van der Waals surface area contributed by atoms with E-state index in [2.05, 4.69) is 5.32 Å². The Morgan fingerprint density at radius 2 is 1.64 bits per heavy atom. The minimum absolute atomic E-state index is 0.0123. The van der Waals surface area contributed by atoms with E-state index in [0.29, 0.717) is 41.9 Å². The van der Waals surface area contributed by atoms with Gasteiger partial charge in [0.05, 0.1) is 28.0 Å². The first-order valence-corrected chi connectivity index (χ1v) is 11.2. The van der Waals surface area contributed by atoms with Crippen molar-refractivity contribution in [2.45, 2.75) is 5.75 Å². The molecule has 0 spiro atoms. The van der Waals surface area contributed by atoms with Gasteiger partial charge in [0.2, 0.25) is 15.9 Å². The zero-order valence-corrected chi connectivity index (χ0v) is 17.5. The Labute approximate surface area is 175 Å². The van der Waals surface area contributed by atoms with Gasteiger partial charge < -0.3 is 5.32 Å². The molecule has 0 unspecified atom stereocenters. The van der Waals surface area contributed by atoms with Gasteiger partial charge in [0.25, 0.3) is 0 Å². The van der Waals surface area contributed by atoms with Gasteiger partial charge in [-0.25, -0.2) is 8.42 Å². The number of halogens is 2. The minimum atomic E-state index is -3.37. The second kappa shape index (κ2) is 9.24. The van der Waals surface area contributed by atoms with E-state index in [4.69, 9.17) is 23.2 Å². The highest BCUT2D eigenvalue weighted by Crippen LogP contribution is 2.29. The van der Waals surface area contributed by atoms with E-state index >= 15 is 0 Å². The lowest BCUT2D eigenvalue weighted by Crippen LogP contribution is -2.50. The fourth-order valence-electron chi connectivity index (χ4n) is 3.04. The summed E-state index contributed by atoms with van der Waals surface area (Å²) < 4.78 is 26.7. The Morgan fingerprint density at radius 3 is 2.32 bits per heavy atom. The van der Waals surface area contributed by atoms with E-state index in [1.807, 2.05) is 23.1 Å². The van der Waals surface area contributed by atoms with Crippen LogP contribution in [0.15, 0.2) is 48.5 Å². The maximum absolute atomic E-state index is 12.6. The van der Waals surface area contributed by atoms with Crippen molar-refractivity contribution in [2.24, 2.45) is 0 Å². The van der Waals surface area contributed by atoms with Crippen LogP contribution in [0.1, 0.15) is 5.56 Å². The molecule has 1 aliphatic heterocycles. The lowest BCUT2D eigenvalue weighted by atomic mass is 10.2. The van der Waals surface area contributed by atoms with Gasteiger partial charge >= 0.3 is 0 Å². The van der Waals surface area contributed by atoms with Crippen LogP contribution in [0.4, 0.5) is 5.69 Å². The highest BCUT2D eigenvalue weighted by Gasteiger charge is 2.27. The summed E-state index contributed by atoms with van der Waals surface area (Å²) in [5, 5.41) is 3.42. The molecule has 0 saturated carbocycles. The molecule has 1 heterocycles. The molecule has 0 aliphatic carbocycles.